The number of nitriles is 1. The van der Waals surface area contributed by atoms with E-state index in [1.54, 1.807) is 37.3 Å². The number of carbonyl (C=O) groups excluding carboxylic acids is 1. The van der Waals surface area contributed by atoms with Gasteiger partial charge in [0.1, 0.15) is 11.1 Å². The molecule has 0 aliphatic heterocycles. The van der Waals surface area contributed by atoms with Crippen molar-refractivity contribution in [1.29, 1.82) is 5.26 Å². The Morgan fingerprint density at radius 1 is 1.37 bits per heavy atom. The number of rotatable bonds is 5. The Kier molecular flexibility index (Phi) is 6.73. The second-order valence-electron chi connectivity index (χ2n) is 5.71. The predicted molar refractivity (Wildman–Crippen MR) is 97.3 cm³/mol. The van der Waals surface area contributed by atoms with Gasteiger partial charge in [0, 0.05) is 17.3 Å². The minimum absolute atomic E-state index is 0.112. The molecule has 4 nitrogen and oxygen atoms in total. The molecule has 0 saturated heterocycles. The standard InChI is InChI=1S/C18H15ClF3N3OS/c1-10-7-15(18(20,21)22)14(8-23)17(25-10)27-11(2)16(26)24-9-12-3-5-13(19)6-4-12/h3-7,11H,9H2,1-2H3,(H,24,26). The Bertz CT molecular complexity index is 879. The number of aryl methyl sites for hydroxylation is 1. The lowest BCUT2D eigenvalue weighted by molar-refractivity contribution is -0.138. The molecule has 2 aromatic rings. The lowest BCUT2D eigenvalue weighted by Gasteiger charge is -2.16. The van der Waals surface area contributed by atoms with Crippen LogP contribution in [0.3, 0.4) is 0 Å². The Labute approximate surface area is 163 Å². The summed E-state index contributed by atoms with van der Waals surface area (Å²) in [4.78, 5) is 16.3. The van der Waals surface area contributed by atoms with Crippen LogP contribution in [-0.4, -0.2) is 16.1 Å². The third-order valence-corrected chi connectivity index (χ3v) is 4.91. The number of halogens is 4. The van der Waals surface area contributed by atoms with E-state index in [9.17, 15) is 18.0 Å². The van der Waals surface area contributed by atoms with Crippen LogP contribution in [0.2, 0.25) is 5.02 Å². The van der Waals surface area contributed by atoms with Gasteiger partial charge in [0.2, 0.25) is 5.91 Å². The molecule has 1 amide bonds. The number of amides is 1. The average molecular weight is 414 g/mol. The zero-order valence-corrected chi connectivity index (χ0v) is 16.0. The van der Waals surface area contributed by atoms with Gasteiger partial charge in [0.15, 0.2) is 0 Å². The summed E-state index contributed by atoms with van der Waals surface area (Å²) in [6, 6.07) is 9.28. The summed E-state index contributed by atoms with van der Waals surface area (Å²) >= 11 is 6.62. The number of alkyl halides is 3. The zero-order chi connectivity index (χ0) is 20.2. The van der Waals surface area contributed by atoms with Crippen molar-refractivity contribution in [2.45, 2.75) is 36.8 Å². The second-order valence-corrected chi connectivity index (χ2v) is 7.47. The van der Waals surface area contributed by atoms with Gasteiger partial charge in [-0.1, -0.05) is 35.5 Å². The fraction of sp³-hybridized carbons (Fsp3) is 0.278. The molecular formula is C18H15ClF3N3OS. The summed E-state index contributed by atoms with van der Waals surface area (Å²) in [5, 5.41) is 11.6. The topological polar surface area (TPSA) is 65.8 Å². The van der Waals surface area contributed by atoms with Gasteiger partial charge in [-0.2, -0.15) is 18.4 Å². The first-order valence-electron chi connectivity index (χ1n) is 7.79. The highest BCUT2D eigenvalue weighted by Gasteiger charge is 2.36. The van der Waals surface area contributed by atoms with Crippen LogP contribution in [0.4, 0.5) is 13.2 Å². The summed E-state index contributed by atoms with van der Waals surface area (Å²) < 4.78 is 39.5. The largest absolute Gasteiger partial charge is 0.417 e. The molecular weight excluding hydrogens is 399 g/mol. The van der Waals surface area contributed by atoms with E-state index in [1.165, 1.54) is 6.92 Å². The van der Waals surface area contributed by atoms with Gasteiger partial charge >= 0.3 is 6.18 Å². The highest BCUT2D eigenvalue weighted by atomic mass is 35.5. The first-order chi connectivity index (χ1) is 12.6. The van der Waals surface area contributed by atoms with E-state index in [2.05, 4.69) is 10.3 Å². The van der Waals surface area contributed by atoms with E-state index in [4.69, 9.17) is 16.9 Å². The van der Waals surface area contributed by atoms with E-state index in [-0.39, 0.29) is 23.2 Å². The fourth-order valence-corrected chi connectivity index (χ4v) is 3.34. The smallest absolute Gasteiger partial charge is 0.351 e. The minimum atomic E-state index is -4.67. The Hall–Kier alpha value is -2.24. The van der Waals surface area contributed by atoms with Gasteiger partial charge in [-0.25, -0.2) is 4.98 Å². The number of hydrogen-bond acceptors (Lipinski definition) is 4. The van der Waals surface area contributed by atoms with Crippen molar-refractivity contribution in [3.8, 4) is 6.07 Å². The van der Waals surface area contributed by atoms with Gasteiger partial charge < -0.3 is 5.32 Å². The molecule has 0 fully saturated rings. The Morgan fingerprint density at radius 2 is 2.00 bits per heavy atom. The van der Waals surface area contributed by atoms with E-state index in [1.807, 2.05) is 0 Å². The van der Waals surface area contributed by atoms with Gasteiger partial charge in [-0.05, 0) is 37.6 Å². The van der Waals surface area contributed by atoms with E-state index in [0.717, 1.165) is 23.4 Å². The molecule has 1 aromatic carbocycles. The molecule has 0 bridgehead atoms. The summed E-state index contributed by atoms with van der Waals surface area (Å²) in [5.74, 6) is -0.379. The van der Waals surface area contributed by atoms with Crippen molar-refractivity contribution in [2.75, 3.05) is 0 Å². The van der Waals surface area contributed by atoms with Crippen molar-refractivity contribution < 1.29 is 18.0 Å². The molecule has 0 radical (unpaired) electrons. The summed E-state index contributed by atoms with van der Waals surface area (Å²) in [6.45, 7) is 3.20. The van der Waals surface area contributed by atoms with Crippen LogP contribution in [0.5, 0.6) is 0 Å². The highest BCUT2D eigenvalue weighted by molar-refractivity contribution is 8.00. The minimum Gasteiger partial charge on any atom is -0.351 e. The number of pyridine rings is 1. The maximum atomic E-state index is 13.2. The molecule has 0 saturated carbocycles. The van der Waals surface area contributed by atoms with E-state index in [0.29, 0.717) is 5.02 Å². The average Bonchev–Trinajstić information content (AvgIpc) is 2.59. The summed E-state index contributed by atoms with van der Waals surface area (Å²) in [6.07, 6.45) is -4.67. The zero-order valence-electron chi connectivity index (χ0n) is 14.4. The number of hydrogen-bond donors (Lipinski definition) is 1. The van der Waals surface area contributed by atoms with Gasteiger partial charge in [0.05, 0.1) is 16.4 Å². The maximum Gasteiger partial charge on any atom is 0.417 e. The first kappa shape index (κ1) is 21.1. The predicted octanol–water partition coefficient (Wildman–Crippen LogP) is 4.73. The highest BCUT2D eigenvalue weighted by Crippen LogP contribution is 2.36. The van der Waals surface area contributed by atoms with Crippen LogP contribution in [0, 0.1) is 18.3 Å². The monoisotopic (exact) mass is 413 g/mol. The van der Waals surface area contributed by atoms with Crippen LogP contribution in [0.15, 0.2) is 35.4 Å². The van der Waals surface area contributed by atoms with Crippen LogP contribution in [0.25, 0.3) is 0 Å². The lowest BCUT2D eigenvalue weighted by atomic mass is 10.1. The SMILES string of the molecule is Cc1cc(C(F)(F)F)c(C#N)c(SC(C)C(=O)NCc2ccc(Cl)cc2)n1. The number of aromatic nitrogens is 1. The number of nitrogens with one attached hydrogen (secondary N) is 1. The molecule has 9 heteroatoms. The molecule has 0 aliphatic carbocycles. The van der Waals surface area contributed by atoms with Gasteiger partial charge in [0.25, 0.3) is 0 Å². The van der Waals surface area contributed by atoms with Gasteiger partial charge in [-0.3, -0.25) is 4.79 Å². The molecule has 27 heavy (non-hydrogen) atoms. The van der Waals surface area contributed by atoms with Crippen LogP contribution in [0.1, 0.15) is 29.3 Å². The van der Waals surface area contributed by atoms with Crippen molar-refractivity contribution in [3.63, 3.8) is 0 Å². The van der Waals surface area contributed by atoms with Crippen molar-refractivity contribution in [2.24, 2.45) is 0 Å². The molecule has 1 heterocycles. The van der Waals surface area contributed by atoms with Crippen molar-refractivity contribution in [3.05, 3.63) is 57.7 Å². The molecule has 1 unspecified atom stereocenters. The quantitative estimate of drug-likeness (QED) is 0.719. The third kappa shape index (κ3) is 5.62. The first-order valence-corrected chi connectivity index (χ1v) is 9.05. The Balaban J connectivity index is 2.13. The normalized spacial score (nSPS) is 12.3. The molecule has 0 aliphatic rings. The molecule has 2 rings (SSSR count). The van der Waals surface area contributed by atoms with Crippen molar-refractivity contribution in [1.82, 2.24) is 10.3 Å². The Morgan fingerprint density at radius 3 is 2.56 bits per heavy atom. The van der Waals surface area contributed by atoms with Crippen LogP contribution in [-0.2, 0) is 17.5 Å². The third-order valence-electron chi connectivity index (χ3n) is 3.57. The number of thioether (sulfide) groups is 1. The number of benzene rings is 1. The fourth-order valence-electron chi connectivity index (χ4n) is 2.22. The molecule has 1 N–H and O–H groups in total. The van der Waals surface area contributed by atoms with Crippen LogP contribution >= 0.6 is 23.4 Å². The number of nitrogens with zero attached hydrogens (tertiary/aromatic N) is 2. The van der Waals surface area contributed by atoms with E-state index < -0.39 is 22.6 Å². The summed E-state index contributed by atoms with van der Waals surface area (Å²) in [5.41, 5.74) is -0.669. The van der Waals surface area contributed by atoms with Crippen molar-refractivity contribution >= 4 is 29.3 Å². The van der Waals surface area contributed by atoms with Crippen LogP contribution < -0.4 is 5.32 Å². The van der Waals surface area contributed by atoms with E-state index >= 15 is 0 Å². The molecule has 1 atom stereocenters. The van der Waals surface area contributed by atoms with Gasteiger partial charge in [-0.15, -0.1) is 0 Å². The maximum absolute atomic E-state index is 13.2. The lowest BCUT2D eigenvalue weighted by Crippen LogP contribution is -2.30. The molecule has 1 aromatic heterocycles. The molecule has 142 valence electrons. The second kappa shape index (κ2) is 8.63. The number of carbonyl (C=O) groups is 1. The molecule has 0 spiro atoms. The summed E-state index contributed by atoms with van der Waals surface area (Å²) in [7, 11) is 0.